The van der Waals surface area contributed by atoms with Crippen LogP contribution >= 0.6 is 15.9 Å². The Labute approximate surface area is 82.4 Å². The molecule has 0 aromatic rings. The molecule has 0 amide bonds. The highest BCUT2D eigenvalue weighted by atomic mass is 79.9. The van der Waals surface area contributed by atoms with Gasteiger partial charge in [-0.3, -0.25) is 4.79 Å². The number of alkyl halides is 1. The molecule has 0 N–H and O–H groups in total. The third-order valence-electron chi connectivity index (χ3n) is 2.51. The van der Waals surface area contributed by atoms with Gasteiger partial charge >= 0.3 is 0 Å². The van der Waals surface area contributed by atoms with Crippen molar-refractivity contribution < 1.29 is 4.79 Å². The molecule has 0 bridgehead atoms. The van der Waals surface area contributed by atoms with Gasteiger partial charge in [-0.15, -0.1) is 0 Å². The summed E-state index contributed by atoms with van der Waals surface area (Å²) in [6, 6.07) is 0. The van der Waals surface area contributed by atoms with Crippen molar-refractivity contribution in [3.63, 3.8) is 0 Å². The van der Waals surface area contributed by atoms with Crippen LogP contribution < -0.4 is 0 Å². The summed E-state index contributed by atoms with van der Waals surface area (Å²) >= 11 is 3.41. The van der Waals surface area contributed by atoms with Crippen molar-refractivity contribution in [1.82, 2.24) is 0 Å². The van der Waals surface area contributed by atoms with Crippen LogP contribution in [-0.4, -0.2) is 11.1 Å². The van der Waals surface area contributed by atoms with Crippen molar-refractivity contribution in [2.45, 2.75) is 27.2 Å². The van der Waals surface area contributed by atoms with E-state index < -0.39 is 0 Å². The molecule has 12 heavy (non-hydrogen) atoms. The van der Waals surface area contributed by atoms with Crippen molar-refractivity contribution in [2.75, 3.05) is 5.33 Å². The van der Waals surface area contributed by atoms with E-state index in [9.17, 15) is 4.79 Å². The van der Waals surface area contributed by atoms with Gasteiger partial charge in [0.1, 0.15) is 0 Å². The Balaban J connectivity index is 2.87. The smallest absolute Gasteiger partial charge is 0.162 e. The minimum Gasteiger partial charge on any atom is -0.294 e. The number of rotatable bonds is 2. The molecule has 2 heteroatoms. The lowest BCUT2D eigenvalue weighted by Crippen LogP contribution is -2.12. The van der Waals surface area contributed by atoms with E-state index in [0.29, 0.717) is 11.7 Å². The van der Waals surface area contributed by atoms with Crippen LogP contribution in [-0.2, 0) is 4.79 Å². The molecular weight excluding hydrogens is 216 g/mol. The molecule has 1 rings (SSSR count). The summed E-state index contributed by atoms with van der Waals surface area (Å²) in [6.45, 7) is 6.19. The highest BCUT2D eigenvalue weighted by Crippen LogP contribution is 2.32. The number of allylic oxidation sites excluding steroid dienone is 2. The number of carbonyl (C=O) groups excluding carboxylic acids is 1. The maximum absolute atomic E-state index is 11.6. The molecule has 0 heterocycles. The molecule has 0 saturated heterocycles. The lowest BCUT2D eigenvalue weighted by atomic mass is 9.97. The number of halogens is 1. The van der Waals surface area contributed by atoms with Gasteiger partial charge in [-0.05, 0) is 24.8 Å². The third-order valence-corrected chi connectivity index (χ3v) is 3.48. The average molecular weight is 231 g/mol. The summed E-state index contributed by atoms with van der Waals surface area (Å²) in [7, 11) is 0. The first-order chi connectivity index (χ1) is 5.57. The van der Waals surface area contributed by atoms with Crippen molar-refractivity contribution >= 4 is 21.7 Å². The van der Waals surface area contributed by atoms with Gasteiger partial charge in [-0.1, -0.05) is 35.4 Å². The van der Waals surface area contributed by atoms with Crippen LogP contribution in [0.5, 0.6) is 0 Å². The summed E-state index contributed by atoms with van der Waals surface area (Å²) in [6.07, 6.45) is 0.964. The van der Waals surface area contributed by atoms with E-state index in [1.807, 2.05) is 6.92 Å². The molecule has 0 aromatic heterocycles. The van der Waals surface area contributed by atoms with Crippen LogP contribution in [0.1, 0.15) is 27.2 Å². The second kappa shape index (κ2) is 3.73. The molecule has 0 aliphatic heterocycles. The Morgan fingerprint density at radius 1 is 1.67 bits per heavy atom. The molecule has 1 unspecified atom stereocenters. The van der Waals surface area contributed by atoms with E-state index >= 15 is 0 Å². The molecule has 1 aliphatic rings. The SMILES string of the molecule is CC1=C([C@H](C)CBr)C(=O)C(C)C1. The maximum atomic E-state index is 11.6. The van der Waals surface area contributed by atoms with Crippen molar-refractivity contribution in [2.24, 2.45) is 11.8 Å². The van der Waals surface area contributed by atoms with Gasteiger partial charge in [0.15, 0.2) is 5.78 Å². The van der Waals surface area contributed by atoms with Crippen molar-refractivity contribution in [3.8, 4) is 0 Å². The van der Waals surface area contributed by atoms with Crippen molar-refractivity contribution in [3.05, 3.63) is 11.1 Å². The van der Waals surface area contributed by atoms with Gasteiger partial charge in [-0.25, -0.2) is 0 Å². The second-order valence-corrected chi connectivity index (χ2v) is 4.37. The monoisotopic (exact) mass is 230 g/mol. The predicted octanol–water partition coefficient (Wildman–Crippen LogP) is 2.94. The van der Waals surface area contributed by atoms with Crippen LogP contribution in [0.3, 0.4) is 0 Å². The minimum atomic E-state index is 0.224. The van der Waals surface area contributed by atoms with Gasteiger partial charge in [-0.2, -0.15) is 0 Å². The summed E-state index contributed by atoms with van der Waals surface area (Å²) in [5.41, 5.74) is 2.36. The van der Waals surface area contributed by atoms with E-state index in [4.69, 9.17) is 0 Å². The van der Waals surface area contributed by atoms with Crippen LogP contribution in [0.2, 0.25) is 0 Å². The highest BCUT2D eigenvalue weighted by Gasteiger charge is 2.29. The molecule has 0 radical (unpaired) electrons. The Morgan fingerprint density at radius 2 is 2.25 bits per heavy atom. The third kappa shape index (κ3) is 1.63. The first kappa shape index (κ1) is 9.97. The zero-order valence-electron chi connectivity index (χ0n) is 7.86. The lowest BCUT2D eigenvalue weighted by Gasteiger charge is -2.09. The topological polar surface area (TPSA) is 17.1 Å². The van der Waals surface area contributed by atoms with E-state index in [1.165, 1.54) is 5.57 Å². The van der Waals surface area contributed by atoms with Gasteiger partial charge in [0.25, 0.3) is 0 Å². The fraction of sp³-hybridized carbons (Fsp3) is 0.700. The van der Waals surface area contributed by atoms with Crippen molar-refractivity contribution in [1.29, 1.82) is 0 Å². The molecule has 0 aromatic carbocycles. The lowest BCUT2D eigenvalue weighted by molar-refractivity contribution is -0.118. The number of hydrogen-bond donors (Lipinski definition) is 0. The zero-order chi connectivity index (χ0) is 9.30. The molecule has 0 spiro atoms. The number of Topliss-reactive ketones (excluding diaryl/α,β-unsaturated/α-hetero) is 1. The van der Waals surface area contributed by atoms with Gasteiger partial charge < -0.3 is 0 Å². The molecule has 2 atom stereocenters. The van der Waals surface area contributed by atoms with E-state index in [-0.39, 0.29) is 5.92 Å². The van der Waals surface area contributed by atoms with Crippen LogP contribution in [0, 0.1) is 11.8 Å². The number of hydrogen-bond acceptors (Lipinski definition) is 1. The normalized spacial score (nSPS) is 26.7. The summed E-state index contributed by atoms with van der Waals surface area (Å²) < 4.78 is 0. The van der Waals surface area contributed by atoms with Gasteiger partial charge in [0.05, 0.1) is 0 Å². The van der Waals surface area contributed by atoms with E-state index in [1.54, 1.807) is 0 Å². The van der Waals surface area contributed by atoms with Gasteiger partial charge in [0.2, 0.25) is 0 Å². The Hall–Kier alpha value is -0.110. The van der Waals surface area contributed by atoms with Gasteiger partial charge in [0, 0.05) is 11.2 Å². The number of ketones is 1. The predicted molar refractivity (Wildman–Crippen MR) is 54.4 cm³/mol. The largest absolute Gasteiger partial charge is 0.294 e. The van der Waals surface area contributed by atoms with Crippen LogP contribution in [0.25, 0.3) is 0 Å². The minimum absolute atomic E-state index is 0.224. The Kier molecular flexibility index (Phi) is 3.10. The fourth-order valence-corrected chi connectivity index (χ4v) is 2.20. The Bertz CT molecular complexity index is 230. The molecular formula is C10H15BrO. The molecule has 1 nitrogen and oxygen atoms in total. The fourth-order valence-electron chi connectivity index (χ4n) is 1.88. The summed E-state index contributed by atoms with van der Waals surface area (Å²) in [4.78, 5) is 11.6. The van der Waals surface area contributed by atoms with E-state index in [0.717, 1.165) is 17.3 Å². The maximum Gasteiger partial charge on any atom is 0.162 e. The molecule has 0 saturated carbocycles. The quantitative estimate of drug-likeness (QED) is 0.668. The first-order valence-corrected chi connectivity index (χ1v) is 5.49. The highest BCUT2D eigenvalue weighted by molar-refractivity contribution is 9.09. The Morgan fingerprint density at radius 3 is 2.58 bits per heavy atom. The average Bonchev–Trinajstić information content (AvgIpc) is 2.26. The zero-order valence-corrected chi connectivity index (χ0v) is 9.44. The standard InChI is InChI=1S/C10H15BrO/c1-6-4-7(2)10(12)9(6)8(3)5-11/h7-8H,4-5H2,1-3H3/t7?,8-/m1/s1. The van der Waals surface area contributed by atoms with Crippen LogP contribution in [0.15, 0.2) is 11.1 Å². The van der Waals surface area contributed by atoms with Crippen LogP contribution in [0.4, 0.5) is 0 Å². The van der Waals surface area contributed by atoms with E-state index in [2.05, 4.69) is 29.8 Å². The number of carbonyl (C=O) groups is 1. The molecule has 0 fully saturated rings. The first-order valence-electron chi connectivity index (χ1n) is 4.37. The summed E-state index contributed by atoms with van der Waals surface area (Å²) in [5.74, 6) is 0.961. The summed E-state index contributed by atoms with van der Waals surface area (Å²) in [5, 5.41) is 0.887. The second-order valence-electron chi connectivity index (χ2n) is 3.72. The molecule has 1 aliphatic carbocycles. The molecule has 68 valence electrons.